The van der Waals surface area contributed by atoms with Crippen molar-refractivity contribution in [2.75, 3.05) is 11.9 Å². The summed E-state index contributed by atoms with van der Waals surface area (Å²) < 4.78 is 7.63. The summed E-state index contributed by atoms with van der Waals surface area (Å²) in [6, 6.07) is 13.6. The quantitative estimate of drug-likeness (QED) is 0.505. The molecule has 32 heavy (non-hydrogen) atoms. The van der Waals surface area contributed by atoms with Crippen molar-refractivity contribution in [2.45, 2.75) is 32.9 Å². The first-order valence-corrected chi connectivity index (χ1v) is 10.6. The standard InChI is InChI=1S/C24H24N6O2/c1-15-20(30-11-5-9-17(21(25)31)24(30)27-15)23-28-19-10-6-12-32-14-18(19)22(29-23)26-13-16-7-3-2-4-8-16/h2-5,7-9,11H,6,10,12-14H2,1H3,(H2,25,31)(H,26,28,29). The van der Waals surface area contributed by atoms with Crippen LogP contribution in [0.4, 0.5) is 5.82 Å². The van der Waals surface area contributed by atoms with Gasteiger partial charge in [0.05, 0.1) is 23.6 Å². The van der Waals surface area contributed by atoms with Crippen LogP contribution in [-0.4, -0.2) is 31.9 Å². The molecule has 0 saturated carbocycles. The zero-order valence-corrected chi connectivity index (χ0v) is 17.8. The third kappa shape index (κ3) is 3.69. The van der Waals surface area contributed by atoms with Crippen LogP contribution in [0.3, 0.4) is 0 Å². The number of nitrogens with zero attached hydrogens (tertiary/aromatic N) is 4. The number of hydrogen-bond donors (Lipinski definition) is 2. The van der Waals surface area contributed by atoms with Gasteiger partial charge in [-0.1, -0.05) is 30.3 Å². The van der Waals surface area contributed by atoms with Gasteiger partial charge in [0.15, 0.2) is 5.82 Å². The highest BCUT2D eigenvalue weighted by Gasteiger charge is 2.22. The topological polar surface area (TPSA) is 107 Å². The molecule has 1 aromatic carbocycles. The number of hydrogen-bond acceptors (Lipinski definition) is 6. The number of anilines is 1. The maximum atomic E-state index is 11.9. The Balaban J connectivity index is 1.63. The van der Waals surface area contributed by atoms with Gasteiger partial charge in [0.25, 0.3) is 5.91 Å². The monoisotopic (exact) mass is 428 g/mol. The van der Waals surface area contributed by atoms with E-state index in [-0.39, 0.29) is 0 Å². The Labute approximate surface area is 185 Å². The smallest absolute Gasteiger partial charge is 0.252 e. The van der Waals surface area contributed by atoms with Crippen LogP contribution in [0.15, 0.2) is 48.7 Å². The Hall–Kier alpha value is -3.78. The molecule has 4 aromatic rings. The molecule has 5 rings (SSSR count). The van der Waals surface area contributed by atoms with Crippen LogP contribution in [0.5, 0.6) is 0 Å². The number of rotatable bonds is 5. The van der Waals surface area contributed by atoms with E-state index in [1.54, 1.807) is 12.1 Å². The van der Waals surface area contributed by atoms with E-state index in [1.807, 2.05) is 35.7 Å². The summed E-state index contributed by atoms with van der Waals surface area (Å²) in [7, 11) is 0. The van der Waals surface area contributed by atoms with E-state index < -0.39 is 5.91 Å². The Morgan fingerprint density at radius 3 is 2.81 bits per heavy atom. The number of amides is 1. The molecule has 8 heteroatoms. The minimum absolute atomic E-state index is 0.368. The molecule has 1 aliphatic rings. The molecule has 0 saturated heterocycles. The fourth-order valence-corrected chi connectivity index (χ4v) is 4.08. The van der Waals surface area contributed by atoms with Crippen LogP contribution >= 0.6 is 0 Å². The third-order valence-electron chi connectivity index (χ3n) is 5.65. The molecular weight excluding hydrogens is 404 g/mol. The zero-order valence-electron chi connectivity index (χ0n) is 17.8. The summed E-state index contributed by atoms with van der Waals surface area (Å²) in [4.78, 5) is 26.3. The number of aromatic nitrogens is 4. The largest absolute Gasteiger partial charge is 0.377 e. The van der Waals surface area contributed by atoms with E-state index in [4.69, 9.17) is 20.4 Å². The first kappa shape index (κ1) is 20.1. The van der Waals surface area contributed by atoms with Crippen LogP contribution in [0.25, 0.3) is 17.2 Å². The van der Waals surface area contributed by atoms with Gasteiger partial charge in [-0.15, -0.1) is 0 Å². The number of benzene rings is 1. The fraction of sp³-hybridized carbons (Fsp3) is 0.250. The number of aryl methyl sites for hydroxylation is 2. The number of primary amides is 1. The fourth-order valence-electron chi connectivity index (χ4n) is 4.08. The Morgan fingerprint density at radius 1 is 1.16 bits per heavy atom. The predicted molar refractivity (Wildman–Crippen MR) is 121 cm³/mol. The average molecular weight is 428 g/mol. The molecule has 0 radical (unpaired) electrons. The van der Waals surface area contributed by atoms with Crippen molar-refractivity contribution in [3.8, 4) is 11.5 Å². The summed E-state index contributed by atoms with van der Waals surface area (Å²) >= 11 is 0. The minimum atomic E-state index is -0.516. The zero-order chi connectivity index (χ0) is 22.1. The summed E-state index contributed by atoms with van der Waals surface area (Å²) in [5, 5.41) is 3.48. The highest BCUT2D eigenvalue weighted by Crippen LogP contribution is 2.29. The Morgan fingerprint density at radius 2 is 2.00 bits per heavy atom. The van der Waals surface area contributed by atoms with Crippen molar-refractivity contribution in [3.63, 3.8) is 0 Å². The second-order valence-corrected chi connectivity index (χ2v) is 7.84. The third-order valence-corrected chi connectivity index (χ3v) is 5.65. The van der Waals surface area contributed by atoms with E-state index in [1.165, 1.54) is 0 Å². The summed E-state index contributed by atoms with van der Waals surface area (Å²) in [5.74, 6) is 0.807. The number of fused-ring (bicyclic) bond motifs is 2. The number of ether oxygens (including phenoxy) is 1. The number of imidazole rings is 1. The highest BCUT2D eigenvalue weighted by molar-refractivity contribution is 5.99. The van der Waals surface area contributed by atoms with Crippen molar-refractivity contribution in [2.24, 2.45) is 5.73 Å². The van der Waals surface area contributed by atoms with Gasteiger partial charge in [-0.2, -0.15) is 0 Å². The SMILES string of the molecule is Cc1nc2c(C(N)=O)cccn2c1-c1nc2c(c(NCc3ccccc3)n1)COCCC2. The first-order valence-electron chi connectivity index (χ1n) is 10.6. The van der Waals surface area contributed by atoms with Gasteiger partial charge < -0.3 is 15.8 Å². The van der Waals surface area contributed by atoms with Crippen LogP contribution in [0.1, 0.15) is 39.3 Å². The van der Waals surface area contributed by atoms with Crippen molar-refractivity contribution >= 4 is 17.4 Å². The van der Waals surface area contributed by atoms with Crippen LogP contribution in [0, 0.1) is 6.92 Å². The molecule has 0 bridgehead atoms. The molecule has 162 valence electrons. The molecule has 1 amide bonds. The molecule has 0 fully saturated rings. The number of carbonyl (C=O) groups excluding carboxylic acids is 1. The molecule has 4 heterocycles. The lowest BCUT2D eigenvalue weighted by atomic mass is 10.1. The Bertz CT molecular complexity index is 1300. The first-order chi connectivity index (χ1) is 15.6. The van der Waals surface area contributed by atoms with Crippen LogP contribution in [-0.2, 0) is 24.3 Å². The highest BCUT2D eigenvalue weighted by atomic mass is 16.5. The minimum Gasteiger partial charge on any atom is -0.377 e. The normalized spacial score (nSPS) is 13.5. The summed E-state index contributed by atoms with van der Waals surface area (Å²) in [6.45, 7) is 3.70. The van der Waals surface area contributed by atoms with Gasteiger partial charge in [0.2, 0.25) is 0 Å². The molecule has 0 atom stereocenters. The molecular formula is C24H24N6O2. The van der Waals surface area contributed by atoms with Crippen LogP contribution in [0.2, 0.25) is 0 Å². The van der Waals surface area contributed by atoms with Gasteiger partial charge in [-0.05, 0) is 37.5 Å². The van der Waals surface area contributed by atoms with Crippen LogP contribution < -0.4 is 11.1 Å². The van der Waals surface area contributed by atoms with Crippen molar-refractivity contribution in [1.29, 1.82) is 0 Å². The lowest BCUT2D eigenvalue weighted by molar-refractivity contribution is 0.100. The number of carbonyl (C=O) groups is 1. The van der Waals surface area contributed by atoms with E-state index in [0.717, 1.165) is 46.9 Å². The summed E-state index contributed by atoms with van der Waals surface area (Å²) in [6.07, 6.45) is 3.57. The van der Waals surface area contributed by atoms with Gasteiger partial charge in [0, 0.05) is 24.9 Å². The van der Waals surface area contributed by atoms with Gasteiger partial charge in [0.1, 0.15) is 17.2 Å². The van der Waals surface area contributed by atoms with E-state index in [2.05, 4.69) is 22.4 Å². The van der Waals surface area contributed by atoms with E-state index in [0.29, 0.717) is 36.8 Å². The second-order valence-electron chi connectivity index (χ2n) is 7.84. The lowest BCUT2D eigenvalue weighted by Crippen LogP contribution is -2.13. The Kier molecular flexibility index (Phi) is 5.28. The number of pyridine rings is 1. The molecule has 0 unspecified atom stereocenters. The van der Waals surface area contributed by atoms with Crippen molar-refractivity contribution < 1.29 is 9.53 Å². The molecule has 3 N–H and O–H groups in total. The van der Waals surface area contributed by atoms with E-state index in [9.17, 15) is 4.79 Å². The van der Waals surface area contributed by atoms with Gasteiger partial charge in [-0.25, -0.2) is 15.0 Å². The molecule has 1 aliphatic heterocycles. The van der Waals surface area contributed by atoms with Crippen molar-refractivity contribution in [3.05, 3.63) is 76.7 Å². The lowest BCUT2D eigenvalue weighted by Gasteiger charge is -2.15. The predicted octanol–water partition coefficient (Wildman–Crippen LogP) is 3.27. The molecule has 3 aromatic heterocycles. The number of nitrogens with two attached hydrogens (primary N) is 1. The second kappa shape index (κ2) is 8.39. The molecule has 0 spiro atoms. The summed E-state index contributed by atoms with van der Waals surface area (Å²) in [5.41, 5.74) is 11.0. The maximum absolute atomic E-state index is 11.9. The average Bonchev–Trinajstić information content (AvgIpc) is 2.96. The maximum Gasteiger partial charge on any atom is 0.252 e. The molecule has 0 aliphatic carbocycles. The van der Waals surface area contributed by atoms with Gasteiger partial charge >= 0.3 is 0 Å². The van der Waals surface area contributed by atoms with E-state index >= 15 is 0 Å². The van der Waals surface area contributed by atoms with Gasteiger partial charge in [-0.3, -0.25) is 9.20 Å². The van der Waals surface area contributed by atoms with Crippen molar-refractivity contribution in [1.82, 2.24) is 19.4 Å². The number of nitrogens with one attached hydrogen (secondary N) is 1. The molecule has 8 nitrogen and oxygen atoms in total.